The fourth-order valence-electron chi connectivity index (χ4n) is 5.03. The van der Waals surface area contributed by atoms with Crippen LogP contribution in [0.5, 0.6) is 0 Å². The molecule has 3 aromatic heterocycles. The van der Waals surface area contributed by atoms with E-state index in [1.165, 1.54) is 46.2 Å². The van der Waals surface area contributed by atoms with Crippen LogP contribution >= 0.6 is 11.3 Å². The van der Waals surface area contributed by atoms with E-state index >= 15 is 0 Å². The lowest BCUT2D eigenvalue weighted by atomic mass is 9.88. The first-order chi connectivity index (χ1) is 14.3. The van der Waals surface area contributed by atoms with Crippen LogP contribution in [0.25, 0.3) is 20.4 Å². The minimum absolute atomic E-state index is 0.165. The van der Waals surface area contributed by atoms with Crippen molar-refractivity contribution in [1.29, 1.82) is 0 Å². The summed E-state index contributed by atoms with van der Waals surface area (Å²) in [5.41, 5.74) is 4.81. The van der Waals surface area contributed by atoms with Crippen LogP contribution in [-0.4, -0.2) is 33.1 Å². The maximum absolute atomic E-state index is 6.21. The van der Waals surface area contributed by atoms with E-state index in [4.69, 9.17) is 19.7 Å². The smallest absolute Gasteiger partial charge is 0.150 e. The number of hydrogen-bond donors (Lipinski definition) is 0. The molecule has 1 fully saturated rings. The van der Waals surface area contributed by atoms with Crippen molar-refractivity contribution in [3.05, 3.63) is 23.1 Å². The van der Waals surface area contributed by atoms with Crippen LogP contribution in [-0.2, 0) is 24.2 Å². The molecule has 0 aliphatic carbocycles. The van der Waals surface area contributed by atoms with E-state index < -0.39 is 0 Å². The molecule has 2 aliphatic heterocycles. The Hall–Kier alpha value is -1.79. The molecule has 0 radical (unpaired) electrons. The molecular weight excluding hydrogens is 392 g/mol. The summed E-state index contributed by atoms with van der Waals surface area (Å²) >= 11 is 1.78. The van der Waals surface area contributed by atoms with E-state index in [1.54, 1.807) is 17.7 Å². The van der Waals surface area contributed by atoms with E-state index in [-0.39, 0.29) is 5.60 Å². The van der Waals surface area contributed by atoms with Gasteiger partial charge >= 0.3 is 0 Å². The first-order valence-electron chi connectivity index (χ1n) is 11.3. The first kappa shape index (κ1) is 20.1. The van der Waals surface area contributed by atoms with E-state index in [0.29, 0.717) is 18.6 Å². The van der Waals surface area contributed by atoms with E-state index in [2.05, 4.69) is 39.5 Å². The zero-order valence-electron chi connectivity index (χ0n) is 18.8. The standard InChI is InChI=1S/C24H32N4OS/c1-14(2)10-18-17-12-29-24(4,5)11-16(17)19-20-21(30-23(19)27-18)22(26-13-25-20)28-9-7-6-8-15(28)3/h13-15H,6-12H2,1-5H3/t15-/m0/s1. The molecule has 2 aliphatic rings. The normalized spacial score (nSPS) is 21.5. The summed E-state index contributed by atoms with van der Waals surface area (Å²) in [5, 5.41) is 1.24. The van der Waals surface area contributed by atoms with Gasteiger partial charge in [-0.05, 0) is 57.9 Å². The molecule has 160 valence electrons. The molecule has 6 heteroatoms. The predicted octanol–water partition coefficient (Wildman–Crippen LogP) is 5.67. The zero-order chi connectivity index (χ0) is 21.0. The number of nitrogens with zero attached hydrogens (tertiary/aromatic N) is 4. The lowest BCUT2D eigenvalue weighted by Crippen LogP contribution is -2.38. The van der Waals surface area contributed by atoms with E-state index in [0.717, 1.165) is 35.6 Å². The predicted molar refractivity (Wildman–Crippen MR) is 124 cm³/mol. The van der Waals surface area contributed by atoms with Gasteiger partial charge < -0.3 is 9.64 Å². The van der Waals surface area contributed by atoms with Gasteiger partial charge in [0.25, 0.3) is 0 Å². The number of anilines is 1. The van der Waals surface area contributed by atoms with Crippen LogP contribution in [0.4, 0.5) is 5.82 Å². The van der Waals surface area contributed by atoms with Crippen LogP contribution < -0.4 is 4.90 Å². The molecule has 5 heterocycles. The number of thiophene rings is 1. The molecule has 1 atom stereocenters. The summed E-state index contributed by atoms with van der Waals surface area (Å²) in [6.45, 7) is 12.9. The number of ether oxygens (including phenoxy) is 1. The van der Waals surface area contributed by atoms with Crippen molar-refractivity contribution in [3.8, 4) is 0 Å². The van der Waals surface area contributed by atoms with Crippen molar-refractivity contribution in [2.45, 2.75) is 85.0 Å². The monoisotopic (exact) mass is 424 g/mol. The van der Waals surface area contributed by atoms with Crippen LogP contribution in [0.2, 0.25) is 0 Å². The third-order valence-corrected chi connectivity index (χ3v) is 7.64. The summed E-state index contributed by atoms with van der Waals surface area (Å²) < 4.78 is 7.40. The maximum Gasteiger partial charge on any atom is 0.150 e. The van der Waals surface area contributed by atoms with Gasteiger partial charge in [-0.15, -0.1) is 11.3 Å². The first-order valence-corrected chi connectivity index (χ1v) is 12.1. The van der Waals surface area contributed by atoms with Gasteiger partial charge in [0.1, 0.15) is 17.0 Å². The lowest BCUT2D eigenvalue weighted by Gasteiger charge is -2.34. The molecule has 5 nitrogen and oxygen atoms in total. The Kier molecular flexibility index (Phi) is 4.98. The van der Waals surface area contributed by atoms with Gasteiger partial charge in [-0.3, -0.25) is 0 Å². The third kappa shape index (κ3) is 3.38. The maximum atomic E-state index is 6.21. The molecule has 0 amide bonds. The summed E-state index contributed by atoms with van der Waals surface area (Å²) in [6, 6.07) is 0.521. The Morgan fingerprint density at radius 3 is 2.83 bits per heavy atom. The summed E-state index contributed by atoms with van der Waals surface area (Å²) in [4.78, 5) is 18.3. The number of pyridine rings is 1. The van der Waals surface area contributed by atoms with Crippen molar-refractivity contribution in [2.24, 2.45) is 5.92 Å². The van der Waals surface area contributed by atoms with Gasteiger partial charge in [-0.25, -0.2) is 15.0 Å². The van der Waals surface area contributed by atoms with Gasteiger partial charge in [0, 0.05) is 35.7 Å². The molecule has 0 spiro atoms. The number of piperidine rings is 1. The van der Waals surface area contributed by atoms with Crippen molar-refractivity contribution in [1.82, 2.24) is 15.0 Å². The lowest BCUT2D eigenvalue weighted by molar-refractivity contribution is -0.0402. The average Bonchev–Trinajstić information content (AvgIpc) is 3.06. The SMILES string of the molecule is CC(C)Cc1nc2sc3c(N4CCCC[C@@H]4C)ncnc3c2c2c1COC(C)(C)C2. The molecule has 0 N–H and O–H groups in total. The van der Waals surface area contributed by atoms with E-state index in [1.807, 2.05) is 0 Å². The van der Waals surface area contributed by atoms with Crippen molar-refractivity contribution in [3.63, 3.8) is 0 Å². The Morgan fingerprint density at radius 2 is 2.07 bits per heavy atom. The highest BCUT2D eigenvalue weighted by Crippen LogP contribution is 2.43. The highest BCUT2D eigenvalue weighted by atomic mass is 32.1. The molecule has 0 unspecified atom stereocenters. The quantitative estimate of drug-likeness (QED) is 0.542. The largest absolute Gasteiger partial charge is 0.370 e. The Bertz CT molecular complexity index is 1100. The Labute approximate surface area is 182 Å². The zero-order valence-corrected chi connectivity index (χ0v) is 19.6. The second kappa shape index (κ2) is 7.41. The van der Waals surface area contributed by atoms with Gasteiger partial charge in [-0.1, -0.05) is 13.8 Å². The number of rotatable bonds is 3. The number of hydrogen-bond acceptors (Lipinski definition) is 6. The summed E-state index contributed by atoms with van der Waals surface area (Å²) in [7, 11) is 0. The second-order valence-electron chi connectivity index (χ2n) is 10.0. The topological polar surface area (TPSA) is 51.1 Å². The van der Waals surface area contributed by atoms with Crippen molar-refractivity contribution >= 4 is 37.6 Å². The highest BCUT2D eigenvalue weighted by Gasteiger charge is 2.32. The highest BCUT2D eigenvalue weighted by molar-refractivity contribution is 7.26. The summed E-state index contributed by atoms with van der Waals surface area (Å²) in [5.74, 6) is 1.66. The molecule has 0 saturated carbocycles. The van der Waals surface area contributed by atoms with Crippen LogP contribution in [0.15, 0.2) is 6.33 Å². The molecule has 0 aromatic carbocycles. The van der Waals surface area contributed by atoms with Gasteiger partial charge in [0.05, 0.1) is 22.4 Å². The Morgan fingerprint density at radius 1 is 1.23 bits per heavy atom. The molecule has 5 rings (SSSR count). The number of aromatic nitrogens is 3. The molecular formula is C24H32N4OS. The fourth-order valence-corrected chi connectivity index (χ4v) is 6.22. The molecule has 1 saturated heterocycles. The van der Waals surface area contributed by atoms with Gasteiger partial charge in [0.2, 0.25) is 0 Å². The molecule has 30 heavy (non-hydrogen) atoms. The van der Waals surface area contributed by atoms with Crippen molar-refractivity contribution < 1.29 is 4.74 Å². The van der Waals surface area contributed by atoms with E-state index in [9.17, 15) is 0 Å². The fraction of sp³-hybridized carbons (Fsp3) is 0.625. The molecule has 3 aromatic rings. The number of fused-ring (bicyclic) bond motifs is 5. The van der Waals surface area contributed by atoms with Crippen LogP contribution in [0.1, 0.15) is 70.7 Å². The summed E-state index contributed by atoms with van der Waals surface area (Å²) in [6.07, 6.45) is 7.41. The van der Waals surface area contributed by atoms with Gasteiger partial charge in [0.15, 0.2) is 0 Å². The minimum Gasteiger partial charge on any atom is -0.370 e. The van der Waals surface area contributed by atoms with Crippen molar-refractivity contribution in [2.75, 3.05) is 11.4 Å². The van der Waals surface area contributed by atoms with Gasteiger partial charge in [-0.2, -0.15) is 0 Å². The third-order valence-electron chi connectivity index (χ3n) is 6.57. The minimum atomic E-state index is -0.165. The van der Waals surface area contributed by atoms with Crippen LogP contribution in [0, 0.1) is 5.92 Å². The molecule has 0 bridgehead atoms. The Balaban J connectivity index is 1.76. The average molecular weight is 425 g/mol. The van der Waals surface area contributed by atoms with Crippen LogP contribution in [0.3, 0.4) is 0 Å². The second-order valence-corrected chi connectivity index (χ2v) is 11.0.